The molecule has 0 atom stereocenters. The maximum atomic E-state index is 13.2. The largest absolute Gasteiger partial charge is 0.378 e. The van der Waals surface area contributed by atoms with Crippen LogP contribution in [0.2, 0.25) is 0 Å². The smallest absolute Gasteiger partial charge is 0.274 e. The Morgan fingerprint density at radius 1 is 0.881 bits per heavy atom. The summed E-state index contributed by atoms with van der Waals surface area (Å²) < 4.78 is 7.57. The maximum absolute atomic E-state index is 13.2. The molecule has 4 aromatic rings. The lowest BCUT2D eigenvalue weighted by atomic mass is 9.94. The summed E-state index contributed by atoms with van der Waals surface area (Å²) in [6.45, 7) is 9.75. The summed E-state index contributed by atoms with van der Waals surface area (Å²) in [7, 11) is 0. The number of amides is 1. The van der Waals surface area contributed by atoms with Crippen molar-refractivity contribution in [2.24, 2.45) is 0 Å². The van der Waals surface area contributed by atoms with E-state index in [4.69, 9.17) is 9.72 Å². The molecule has 0 spiro atoms. The van der Waals surface area contributed by atoms with Crippen molar-refractivity contribution in [2.45, 2.75) is 26.2 Å². The monoisotopic (exact) mass is 608 g/mol. The van der Waals surface area contributed by atoms with Crippen molar-refractivity contribution in [3.8, 4) is 5.69 Å². The highest BCUT2D eigenvalue weighted by molar-refractivity contribution is 5.94. The standard InChI is InChI=1S/C32H36N6O2.2ClH/c1-23-8-9-26-27(34-23)5-3-6-28(26)36-16-14-35(15-17-36)13-12-24-4-2-7-29-25(24)10-11-30-31(33-22-38(29)30)32(39)37-18-20-40-21-19-37;;/h2-9,22H,10-21H2,1H3;2*1H. The number of imidazole rings is 1. The van der Waals surface area contributed by atoms with Crippen molar-refractivity contribution in [3.05, 3.63) is 83.1 Å². The Kier molecular flexibility index (Phi) is 9.38. The maximum Gasteiger partial charge on any atom is 0.274 e. The Hall–Kier alpha value is -3.17. The zero-order valence-corrected chi connectivity index (χ0v) is 25.6. The number of halogens is 2. The zero-order chi connectivity index (χ0) is 27.1. The fraction of sp³-hybridized carbons (Fsp3) is 0.406. The second kappa shape index (κ2) is 13.0. The van der Waals surface area contributed by atoms with E-state index < -0.39 is 0 Å². The first-order chi connectivity index (χ1) is 19.7. The number of morpholine rings is 1. The summed E-state index contributed by atoms with van der Waals surface area (Å²) in [5.41, 5.74) is 9.06. The number of aromatic nitrogens is 3. The molecule has 0 aliphatic carbocycles. The molecule has 0 unspecified atom stereocenters. The molecule has 3 aliphatic rings. The number of nitrogens with zero attached hydrogens (tertiary/aromatic N) is 6. The summed E-state index contributed by atoms with van der Waals surface area (Å²) in [6, 6.07) is 17.4. The van der Waals surface area contributed by atoms with E-state index in [2.05, 4.69) is 67.9 Å². The van der Waals surface area contributed by atoms with Gasteiger partial charge in [-0.3, -0.25) is 14.7 Å². The van der Waals surface area contributed by atoms with Crippen LogP contribution < -0.4 is 4.90 Å². The third kappa shape index (κ3) is 5.73. The van der Waals surface area contributed by atoms with Crippen LogP contribution in [0.1, 0.15) is 33.0 Å². The molecule has 0 bridgehead atoms. The number of pyridine rings is 1. The number of benzene rings is 2. The van der Waals surface area contributed by atoms with E-state index in [1.807, 2.05) is 18.2 Å². The van der Waals surface area contributed by atoms with Crippen LogP contribution in [0.15, 0.2) is 54.9 Å². The fourth-order valence-corrected chi connectivity index (χ4v) is 6.54. The van der Waals surface area contributed by atoms with Gasteiger partial charge in [-0.25, -0.2) is 4.98 Å². The minimum absolute atomic E-state index is 0. The molecular formula is C32H38Cl2N6O2. The molecule has 2 aromatic carbocycles. The summed E-state index contributed by atoms with van der Waals surface area (Å²) in [5, 5.41) is 1.24. The van der Waals surface area contributed by atoms with Crippen molar-refractivity contribution >= 4 is 47.3 Å². The molecule has 0 N–H and O–H groups in total. The number of hydrogen-bond donors (Lipinski definition) is 0. The SMILES string of the molecule is Cc1ccc2c(N3CCN(CCc4cccc5c4CCc4c(C(=O)N6CCOCC6)ncn4-5)CC3)cccc2n1.Cl.Cl. The summed E-state index contributed by atoms with van der Waals surface area (Å²) in [5.74, 6) is 0.0330. The Morgan fingerprint density at radius 3 is 2.45 bits per heavy atom. The number of rotatable bonds is 5. The molecule has 42 heavy (non-hydrogen) atoms. The topological polar surface area (TPSA) is 66.7 Å². The first-order valence-electron chi connectivity index (χ1n) is 14.5. The van der Waals surface area contributed by atoms with Crippen molar-refractivity contribution in [2.75, 3.05) is 63.9 Å². The molecule has 2 aromatic heterocycles. The van der Waals surface area contributed by atoms with Crippen LogP contribution in [0.5, 0.6) is 0 Å². The van der Waals surface area contributed by atoms with Gasteiger partial charge in [-0.05, 0) is 67.6 Å². The first-order valence-corrected chi connectivity index (χ1v) is 14.5. The van der Waals surface area contributed by atoms with Gasteiger partial charge in [0.25, 0.3) is 5.91 Å². The Bertz CT molecular complexity index is 1560. The zero-order valence-electron chi connectivity index (χ0n) is 24.0. The number of hydrogen-bond acceptors (Lipinski definition) is 6. The third-order valence-electron chi connectivity index (χ3n) is 8.75. The lowest BCUT2D eigenvalue weighted by Gasteiger charge is -2.36. The van der Waals surface area contributed by atoms with Crippen LogP contribution in [0.4, 0.5) is 5.69 Å². The summed E-state index contributed by atoms with van der Waals surface area (Å²) in [4.78, 5) is 29.5. The van der Waals surface area contributed by atoms with Crippen LogP contribution in [-0.2, 0) is 24.0 Å². The number of carbonyl (C=O) groups is 1. The number of aryl methyl sites for hydroxylation is 1. The van der Waals surface area contributed by atoms with Crippen LogP contribution >= 0.6 is 24.8 Å². The molecule has 7 rings (SSSR count). The van der Waals surface area contributed by atoms with Gasteiger partial charge in [0.05, 0.1) is 30.1 Å². The molecular weight excluding hydrogens is 571 g/mol. The highest BCUT2D eigenvalue weighted by atomic mass is 35.5. The van der Waals surface area contributed by atoms with E-state index >= 15 is 0 Å². The predicted octanol–water partition coefficient (Wildman–Crippen LogP) is 4.51. The molecule has 10 heteroatoms. The number of anilines is 1. The predicted molar refractivity (Wildman–Crippen MR) is 171 cm³/mol. The van der Waals surface area contributed by atoms with Gasteiger partial charge in [0.1, 0.15) is 12.0 Å². The number of ether oxygens (including phenoxy) is 1. The normalized spacial score (nSPS) is 16.8. The van der Waals surface area contributed by atoms with E-state index in [-0.39, 0.29) is 30.7 Å². The van der Waals surface area contributed by atoms with Crippen molar-refractivity contribution in [1.29, 1.82) is 0 Å². The van der Waals surface area contributed by atoms with Crippen molar-refractivity contribution < 1.29 is 9.53 Å². The molecule has 5 heterocycles. The number of fused-ring (bicyclic) bond motifs is 4. The lowest BCUT2D eigenvalue weighted by molar-refractivity contribution is 0.0298. The average Bonchev–Trinajstić information content (AvgIpc) is 3.45. The molecule has 0 saturated carbocycles. The van der Waals surface area contributed by atoms with Crippen LogP contribution in [-0.4, -0.2) is 89.3 Å². The van der Waals surface area contributed by atoms with E-state index in [0.29, 0.717) is 32.0 Å². The number of carbonyl (C=O) groups excluding carboxylic acids is 1. The average molecular weight is 610 g/mol. The number of piperazine rings is 1. The quantitative estimate of drug-likeness (QED) is 0.332. The van der Waals surface area contributed by atoms with Gasteiger partial charge in [0.15, 0.2) is 0 Å². The third-order valence-corrected chi connectivity index (χ3v) is 8.75. The minimum Gasteiger partial charge on any atom is -0.378 e. The molecule has 2 saturated heterocycles. The fourth-order valence-electron chi connectivity index (χ4n) is 6.54. The molecule has 8 nitrogen and oxygen atoms in total. The van der Waals surface area contributed by atoms with Gasteiger partial charge in [-0.1, -0.05) is 18.2 Å². The van der Waals surface area contributed by atoms with Crippen LogP contribution in [0.3, 0.4) is 0 Å². The van der Waals surface area contributed by atoms with Crippen LogP contribution in [0.25, 0.3) is 16.6 Å². The van der Waals surface area contributed by atoms with E-state index in [1.54, 1.807) is 0 Å². The van der Waals surface area contributed by atoms with Crippen LogP contribution in [0, 0.1) is 6.92 Å². The summed E-state index contributed by atoms with van der Waals surface area (Å²) >= 11 is 0. The van der Waals surface area contributed by atoms with Crippen molar-refractivity contribution in [1.82, 2.24) is 24.3 Å². The van der Waals surface area contributed by atoms with Gasteiger partial charge in [-0.2, -0.15) is 0 Å². The highest BCUT2D eigenvalue weighted by Gasteiger charge is 2.28. The highest BCUT2D eigenvalue weighted by Crippen LogP contribution is 2.31. The lowest BCUT2D eigenvalue weighted by Crippen LogP contribution is -2.47. The van der Waals surface area contributed by atoms with Gasteiger partial charge >= 0.3 is 0 Å². The van der Waals surface area contributed by atoms with E-state index in [0.717, 1.165) is 68.9 Å². The molecule has 0 radical (unpaired) electrons. The molecule has 2 fully saturated rings. The molecule has 222 valence electrons. The second-order valence-corrected chi connectivity index (χ2v) is 11.1. The van der Waals surface area contributed by atoms with Gasteiger partial charge in [-0.15, -0.1) is 24.8 Å². The Labute approximate surface area is 259 Å². The van der Waals surface area contributed by atoms with Crippen molar-refractivity contribution in [3.63, 3.8) is 0 Å². The molecule has 3 aliphatic heterocycles. The molecule has 1 amide bonds. The van der Waals surface area contributed by atoms with Gasteiger partial charge < -0.3 is 19.1 Å². The Morgan fingerprint density at radius 2 is 1.64 bits per heavy atom. The second-order valence-electron chi connectivity index (χ2n) is 11.1. The van der Waals surface area contributed by atoms with E-state index in [9.17, 15) is 4.79 Å². The Balaban J connectivity index is 0.00000176. The van der Waals surface area contributed by atoms with Gasteiger partial charge in [0.2, 0.25) is 0 Å². The van der Waals surface area contributed by atoms with Gasteiger partial charge in [0, 0.05) is 62.6 Å². The first kappa shape index (κ1) is 30.3. The van der Waals surface area contributed by atoms with E-state index in [1.165, 1.54) is 27.9 Å². The minimum atomic E-state index is 0. The summed E-state index contributed by atoms with van der Waals surface area (Å²) in [6.07, 6.45) is 4.66.